The van der Waals surface area contributed by atoms with Crippen LogP contribution in [0.25, 0.3) is 0 Å². The summed E-state index contributed by atoms with van der Waals surface area (Å²) in [6.45, 7) is 2.28. The second-order valence-corrected chi connectivity index (χ2v) is 6.56. The Balaban J connectivity index is 1.52. The van der Waals surface area contributed by atoms with Crippen molar-refractivity contribution in [1.82, 2.24) is 19.9 Å². The molecule has 1 fully saturated rings. The number of carbonyl (C=O) groups is 3. The van der Waals surface area contributed by atoms with Gasteiger partial charge in [-0.3, -0.25) is 19.4 Å². The molecule has 2 aromatic rings. The molecule has 3 heterocycles. The van der Waals surface area contributed by atoms with Crippen molar-refractivity contribution in [3.63, 3.8) is 0 Å². The molecule has 3 rings (SSSR count). The van der Waals surface area contributed by atoms with Gasteiger partial charge in [0.05, 0.1) is 24.7 Å². The van der Waals surface area contributed by atoms with E-state index in [9.17, 15) is 14.4 Å². The quantitative estimate of drug-likeness (QED) is 0.805. The summed E-state index contributed by atoms with van der Waals surface area (Å²) in [5, 5.41) is 6.24. The molecule has 142 valence electrons. The van der Waals surface area contributed by atoms with Crippen molar-refractivity contribution >= 4 is 23.5 Å². The number of anilines is 1. The Morgan fingerprint density at radius 2 is 2.22 bits per heavy atom. The molecule has 1 saturated heterocycles. The second-order valence-electron chi connectivity index (χ2n) is 6.56. The average molecular weight is 371 g/mol. The molecule has 1 atom stereocenters. The summed E-state index contributed by atoms with van der Waals surface area (Å²) in [6, 6.07) is 7.09. The lowest BCUT2D eigenvalue weighted by Gasteiger charge is -2.20. The first kappa shape index (κ1) is 18.6. The van der Waals surface area contributed by atoms with Crippen LogP contribution in [0, 0.1) is 12.8 Å². The van der Waals surface area contributed by atoms with Gasteiger partial charge in [-0.25, -0.2) is 0 Å². The van der Waals surface area contributed by atoms with Gasteiger partial charge >= 0.3 is 0 Å². The largest absolute Gasteiger partial charge is 0.360 e. The van der Waals surface area contributed by atoms with Crippen LogP contribution in [0.3, 0.4) is 0 Å². The predicted molar refractivity (Wildman–Crippen MR) is 95.3 cm³/mol. The van der Waals surface area contributed by atoms with E-state index in [-0.39, 0.29) is 30.7 Å². The third-order valence-electron chi connectivity index (χ3n) is 4.30. The zero-order valence-corrected chi connectivity index (χ0v) is 15.2. The van der Waals surface area contributed by atoms with E-state index in [1.165, 1.54) is 4.90 Å². The summed E-state index contributed by atoms with van der Waals surface area (Å²) in [6.07, 6.45) is 1.81. The first-order valence-electron chi connectivity index (χ1n) is 8.58. The van der Waals surface area contributed by atoms with Gasteiger partial charge in [-0.1, -0.05) is 11.2 Å². The maximum atomic E-state index is 12.6. The topological polar surface area (TPSA) is 109 Å². The predicted octanol–water partition coefficient (Wildman–Crippen LogP) is 0.824. The van der Waals surface area contributed by atoms with Crippen LogP contribution in [0.1, 0.15) is 17.9 Å². The van der Waals surface area contributed by atoms with Crippen molar-refractivity contribution in [3.05, 3.63) is 41.9 Å². The molecule has 27 heavy (non-hydrogen) atoms. The van der Waals surface area contributed by atoms with Crippen molar-refractivity contribution in [2.75, 3.05) is 25.5 Å². The summed E-state index contributed by atoms with van der Waals surface area (Å²) >= 11 is 0. The average Bonchev–Trinajstić information content (AvgIpc) is 3.20. The van der Waals surface area contributed by atoms with Crippen LogP contribution < -0.4 is 5.32 Å². The molecule has 0 aromatic carbocycles. The number of aromatic nitrogens is 2. The van der Waals surface area contributed by atoms with Crippen LogP contribution >= 0.6 is 0 Å². The molecule has 0 bridgehead atoms. The molecular weight excluding hydrogens is 350 g/mol. The molecule has 1 aliphatic rings. The Morgan fingerprint density at radius 3 is 2.89 bits per heavy atom. The van der Waals surface area contributed by atoms with Crippen LogP contribution in [0.2, 0.25) is 0 Å². The van der Waals surface area contributed by atoms with E-state index < -0.39 is 5.92 Å². The fraction of sp³-hybridized carbons (Fsp3) is 0.389. The van der Waals surface area contributed by atoms with E-state index in [4.69, 9.17) is 4.52 Å². The number of nitrogens with one attached hydrogen (secondary N) is 1. The SMILES string of the molecule is Cc1cc(NC(=O)CN(C)C(=O)[C@H]2CC(=O)N(Cc3ccccn3)C2)no1. The van der Waals surface area contributed by atoms with Crippen LogP contribution in [-0.2, 0) is 20.9 Å². The molecule has 0 radical (unpaired) electrons. The van der Waals surface area contributed by atoms with E-state index in [1.54, 1.807) is 31.1 Å². The van der Waals surface area contributed by atoms with Gasteiger partial charge in [0.25, 0.3) is 0 Å². The Kier molecular flexibility index (Phi) is 5.49. The lowest BCUT2D eigenvalue weighted by atomic mass is 10.1. The maximum absolute atomic E-state index is 12.6. The molecule has 0 unspecified atom stereocenters. The molecule has 9 heteroatoms. The fourth-order valence-electron chi connectivity index (χ4n) is 2.99. The number of hydrogen-bond acceptors (Lipinski definition) is 6. The summed E-state index contributed by atoms with van der Waals surface area (Å²) in [5.74, 6) is -0.293. The summed E-state index contributed by atoms with van der Waals surface area (Å²) in [4.78, 5) is 44.0. The van der Waals surface area contributed by atoms with Crippen molar-refractivity contribution in [2.45, 2.75) is 19.9 Å². The van der Waals surface area contributed by atoms with Gasteiger partial charge in [0, 0.05) is 32.3 Å². The summed E-state index contributed by atoms with van der Waals surface area (Å²) in [5.41, 5.74) is 0.773. The van der Waals surface area contributed by atoms with E-state index in [0.717, 1.165) is 5.69 Å². The third-order valence-corrected chi connectivity index (χ3v) is 4.30. The highest BCUT2D eigenvalue weighted by atomic mass is 16.5. The van der Waals surface area contributed by atoms with Gasteiger partial charge in [0.15, 0.2) is 5.82 Å². The van der Waals surface area contributed by atoms with E-state index in [1.807, 2.05) is 18.2 Å². The fourth-order valence-corrected chi connectivity index (χ4v) is 2.99. The molecule has 3 amide bonds. The Bertz CT molecular complexity index is 835. The summed E-state index contributed by atoms with van der Waals surface area (Å²) < 4.78 is 4.88. The molecule has 1 aliphatic heterocycles. The second kappa shape index (κ2) is 7.98. The minimum Gasteiger partial charge on any atom is -0.360 e. The highest BCUT2D eigenvalue weighted by Crippen LogP contribution is 2.21. The number of likely N-dealkylation sites (N-methyl/N-ethyl adjacent to an activating group) is 1. The zero-order valence-electron chi connectivity index (χ0n) is 15.2. The Labute approximate surface area is 156 Å². The lowest BCUT2D eigenvalue weighted by molar-refractivity contribution is -0.137. The number of pyridine rings is 1. The standard InChI is InChI=1S/C18H21N5O4/c1-12-7-15(21-27-12)20-16(24)11-22(2)18(26)13-8-17(25)23(9-13)10-14-5-3-4-6-19-14/h3-7,13H,8-11H2,1-2H3,(H,20,21,24)/t13-/m0/s1. The minimum absolute atomic E-state index is 0.0880. The minimum atomic E-state index is -0.465. The Morgan fingerprint density at radius 1 is 1.41 bits per heavy atom. The van der Waals surface area contributed by atoms with E-state index >= 15 is 0 Å². The third kappa shape index (κ3) is 4.69. The van der Waals surface area contributed by atoms with Crippen LogP contribution in [0.4, 0.5) is 5.82 Å². The van der Waals surface area contributed by atoms with Crippen LogP contribution in [0.5, 0.6) is 0 Å². The molecule has 2 aromatic heterocycles. The number of carbonyl (C=O) groups excluding carboxylic acids is 3. The maximum Gasteiger partial charge on any atom is 0.245 e. The molecule has 0 spiro atoms. The van der Waals surface area contributed by atoms with Gasteiger partial charge in [0.2, 0.25) is 17.7 Å². The van der Waals surface area contributed by atoms with Gasteiger partial charge in [0.1, 0.15) is 5.76 Å². The van der Waals surface area contributed by atoms with Gasteiger partial charge in [-0.2, -0.15) is 0 Å². The number of nitrogens with zero attached hydrogens (tertiary/aromatic N) is 4. The monoisotopic (exact) mass is 371 g/mol. The lowest BCUT2D eigenvalue weighted by Crippen LogP contribution is -2.39. The first-order valence-corrected chi connectivity index (χ1v) is 8.58. The normalized spacial score (nSPS) is 16.4. The number of aryl methyl sites for hydroxylation is 1. The molecule has 9 nitrogen and oxygen atoms in total. The summed E-state index contributed by atoms with van der Waals surface area (Å²) in [7, 11) is 1.54. The smallest absolute Gasteiger partial charge is 0.245 e. The van der Waals surface area contributed by atoms with Gasteiger partial charge in [-0.05, 0) is 19.1 Å². The number of amides is 3. The Hall–Kier alpha value is -3.23. The van der Waals surface area contributed by atoms with Crippen LogP contribution in [0.15, 0.2) is 35.0 Å². The van der Waals surface area contributed by atoms with Crippen molar-refractivity contribution in [1.29, 1.82) is 0 Å². The van der Waals surface area contributed by atoms with Gasteiger partial charge < -0.3 is 19.6 Å². The van der Waals surface area contributed by atoms with E-state index in [2.05, 4.69) is 15.5 Å². The number of likely N-dealkylation sites (tertiary alicyclic amines) is 1. The van der Waals surface area contributed by atoms with Gasteiger partial charge in [-0.15, -0.1) is 0 Å². The van der Waals surface area contributed by atoms with Crippen LogP contribution in [-0.4, -0.2) is 57.8 Å². The number of hydrogen-bond donors (Lipinski definition) is 1. The molecular formula is C18H21N5O4. The highest BCUT2D eigenvalue weighted by Gasteiger charge is 2.36. The van der Waals surface area contributed by atoms with Crippen molar-refractivity contribution in [3.8, 4) is 0 Å². The van der Waals surface area contributed by atoms with Crippen molar-refractivity contribution in [2.24, 2.45) is 5.92 Å². The van der Waals surface area contributed by atoms with E-state index in [0.29, 0.717) is 24.7 Å². The highest BCUT2D eigenvalue weighted by molar-refractivity contribution is 5.95. The molecule has 1 N–H and O–H groups in total. The molecule has 0 saturated carbocycles. The number of rotatable bonds is 6. The molecule has 0 aliphatic carbocycles. The van der Waals surface area contributed by atoms with Crippen molar-refractivity contribution < 1.29 is 18.9 Å². The zero-order chi connectivity index (χ0) is 19.4. The first-order chi connectivity index (χ1) is 12.9.